The number of aromatic nitrogens is 4. The Labute approximate surface area is 233 Å². The van der Waals surface area contributed by atoms with Crippen molar-refractivity contribution in [2.24, 2.45) is 4.99 Å². The molecule has 2 aromatic heterocycles. The molecule has 1 fully saturated rings. The molecule has 210 valence electrons. The van der Waals surface area contributed by atoms with Gasteiger partial charge in [0, 0.05) is 43.0 Å². The second-order valence-electron chi connectivity index (χ2n) is 9.72. The van der Waals surface area contributed by atoms with E-state index in [4.69, 9.17) is 10.8 Å². The molecule has 1 aliphatic heterocycles. The number of carbonyl (C=O) groups is 2. The van der Waals surface area contributed by atoms with Crippen molar-refractivity contribution in [3.8, 4) is 11.3 Å². The average molecular weight is 560 g/mol. The molecule has 0 aliphatic carbocycles. The number of anilines is 1. The molecule has 3 N–H and O–H groups in total. The maximum absolute atomic E-state index is 15.6. The largest absolute Gasteiger partial charge is 0.512 e. The third-order valence-electron chi connectivity index (χ3n) is 7.00. The highest BCUT2D eigenvalue weighted by Crippen LogP contribution is 2.35. The third kappa shape index (κ3) is 5.28. The quantitative estimate of drug-likeness (QED) is 0.156. The summed E-state index contributed by atoms with van der Waals surface area (Å²) in [5, 5.41) is 15.0. The molecule has 0 radical (unpaired) electrons. The van der Waals surface area contributed by atoms with Crippen LogP contribution in [-0.4, -0.2) is 67.8 Å². The number of hydrogen-bond acceptors (Lipinski definition) is 8. The van der Waals surface area contributed by atoms with Gasteiger partial charge in [0.1, 0.15) is 35.2 Å². The van der Waals surface area contributed by atoms with Crippen molar-refractivity contribution in [3.63, 3.8) is 0 Å². The number of aliphatic imine (C=N–C) groups is 1. The van der Waals surface area contributed by atoms with E-state index in [1.807, 2.05) is 0 Å². The Balaban J connectivity index is 1.52. The highest BCUT2D eigenvalue weighted by Gasteiger charge is 2.31. The van der Waals surface area contributed by atoms with Crippen LogP contribution in [0.15, 0.2) is 65.1 Å². The normalized spacial score (nSPS) is 16.3. The Kier molecular flexibility index (Phi) is 7.56. The molecular formula is C29H27F2N7O3. The molecule has 10 nitrogen and oxygen atoms in total. The number of allylic oxidation sites excluding steroid dienone is 1. The van der Waals surface area contributed by atoms with Crippen LogP contribution in [0.5, 0.6) is 0 Å². The Bertz CT molecular complexity index is 1730. The van der Waals surface area contributed by atoms with Gasteiger partial charge in [-0.2, -0.15) is 5.10 Å². The van der Waals surface area contributed by atoms with Gasteiger partial charge in [-0.1, -0.05) is 18.2 Å². The van der Waals surface area contributed by atoms with Gasteiger partial charge in [-0.3, -0.25) is 14.6 Å². The lowest BCUT2D eigenvalue weighted by Crippen LogP contribution is -2.42. The van der Waals surface area contributed by atoms with Crippen LogP contribution < -0.4 is 5.73 Å². The minimum Gasteiger partial charge on any atom is -0.512 e. The number of ketones is 1. The molecule has 1 saturated heterocycles. The molecule has 0 saturated carbocycles. The molecule has 1 unspecified atom stereocenters. The van der Waals surface area contributed by atoms with E-state index >= 15 is 4.39 Å². The van der Waals surface area contributed by atoms with Gasteiger partial charge >= 0.3 is 0 Å². The molecule has 5 rings (SSSR count). The first kappa shape index (κ1) is 27.6. The summed E-state index contributed by atoms with van der Waals surface area (Å²) in [6.07, 6.45) is 3.92. The summed E-state index contributed by atoms with van der Waals surface area (Å²) in [4.78, 5) is 39.9. The zero-order valence-electron chi connectivity index (χ0n) is 22.4. The van der Waals surface area contributed by atoms with Crippen LogP contribution in [0.2, 0.25) is 0 Å². The predicted molar refractivity (Wildman–Crippen MR) is 150 cm³/mol. The summed E-state index contributed by atoms with van der Waals surface area (Å²) in [5.41, 5.74) is 7.09. The standard InChI is InChI=1S/C29H27F2N7O3/c1-16(39)22(13-33-2)29(41)37-10-4-7-20(14-37)38-28-24(27(32)34-15-35-28)25(36-38)21-9-8-18(12-23(21)31)26(40)17-5-3-6-19(30)11-17/h3,5-6,8-9,11-13,15,20,39H,4,7,10,14H2,1-2H3,(H2,32,34,35)/b22-16+,33-13?. The fraction of sp³-hybridized carbons (Fsp3) is 0.241. The summed E-state index contributed by atoms with van der Waals surface area (Å²) in [5.74, 6) is -2.23. The number of likely N-dealkylation sites (tertiary alicyclic amines) is 1. The Morgan fingerprint density at radius 1 is 1.15 bits per heavy atom. The topological polar surface area (TPSA) is 140 Å². The fourth-order valence-electron chi connectivity index (χ4n) is 5.02. The fourth-order valence-corrected chi connectivity index (χ4v) is 5.02. The van der Waals surface area contributed by atoms with E-state index in [2.05, 4.69) is 15.0 Å². The van der Waals surface area contributed by atoms with Crippen LogP contribution in [0, 0.1) is 11.6 Å². The van der Waals surface area contributed by atoms with Crippen LogP contribution in [0.25, 0.3) is 22.3 Å². The first-order valence-electron chi connectivity index (χ1n) is 12.9. The number of carbonyl (C=O) groups excluding carboxylic acids is 2. The maximum Gasteiger partial charge on any atom is 0.258 e. The van der Waals surface area contributed by atoms with Gasteiger partial charge in [-0.25, -0.2) is 23.4 Å². The number of nitrogens with two attached hydrogens (primary N) is 1. The SMILES string of the molecule is CN=C/C(C(=O)N1CCCC(n2nc(-c3ccc(C(=O)c4cccc(F)c4)cc3F)c3c(N)ncnc32)C1)=C(/C)O. The second kappa shape index (κ2) is 11.2. The van der Waals surface area contributed by atoms with Gasteiger partial charge < -0.3 is 15.7 Å². The Hall–Kier alpha value is -5.00. The summed E-state index contributed by atoms with van der Waals surface area (Å²) in [6.45, 7) is 2.16. The van der Waals surface area contributed by atoms with Crippen molar-refractivity contribution in [2.75, 3.05) is 25.9 Å². The zero-order valence-corrected chi connectivity index (χ0v) is 22.4. The Morgan fingerprint density at radius 3 is 2.63 bits per heavy atom. The maximum atomic E-state index is 15.6. The highest BCUT2D eigenvalue weighted by atomic mass is 19.1. The van der Waals surface area contributed by atoms with E-state index < -0.39 is 17.4 Å². The lowest BCUT2D eigenvalue weighted by molar-refractivity contribution is -0.128. The summed E-state index contributed by atoms with van der Waals surface area (Å²) < 4.78 is 30.8. The first-order valence-corrected chi connectivity index (χ1v) is 12.9. The number of nitrogen functional groups attached to an aromatic ring is 1. The summed E-state index contributed by atoms with van der Waals surface area (Å²) in [7, 11) is 1.51. The van der Waals surface area contributed by atoms with E-state index in [9.17, 15) is 19.1 Å². The highest BCUT2D eigenvalue weighted by molar-refractivity contribution is 6.12. The lowest BCUT2D eigenvalue weighted by Gasteiger charge is -2.33. The van der Waals surface area contributed by atoms with Gasteiger partial charge in [-0.05, 0) is 44.0 Å². The molecule has 3 heterocycles. The first-order chi connectivity index (χ1) is 19.7. The van der Waals surface area contributed by atoms with Gasteiger partial charge in [0.05, 0.1) is 17.0 Å². The lowest BCUT2D eigenvalue weighted by atomic mass is 10.00. The number of fused-ring (bicyclic) bond motifs is 1. The second-order valence-corrected chi connectivity index (χ2v) is 9.72. The van der Waals surface area contributed by atoms with Crippen LogP contribution in [0.1, 0.15) is 41.7 Å². The van der Waals surface area contributed by atoms with E-state index in [-0.39, 0.29) is 58.0 Å². The van der Waals surface area contributed by atoms with Crippen LogP contribution >= 0.6 is 0 Å². The predicted octanol–water partition coefficient (Wildman–Crippen LogP) is 4.28. The summed E-state index contributed by atoms with van der Waals surface area (Å²) in [6, 6.07) is 8.80. The molecule has 2 aromatic carbocycles. The van der Waals surface area contributed by atoms with Gasteiger partial charge in [-0.15, -0.1) is 0 Å². The minimum atomic E-state index is -0.727. The number of benzene rings is 2. The smallest absolute Gasteiger partial charge is 0.258 e. The monoisotopic (exact) mass is 559 g/mol. The van der Waals surface area contributed by atoms with Crippen molar-refractivity contribution < 1.29 is 23.5 Å². The van der Waals surface area contributed by atoms with E-state index in [1.54, 1.807) is 9.58 Å². The van der Waals surface area contributed by atoms with Crippen molar-refractivity contribution in [1.29, 1.82) is 0 Å². The van der Waals surface area contributed by atoms with Crippen LogP contribution in [0.4, 0.5) is 14.6 Å². The molecular weight excluding hydrogens is 532 g/mol. The molecule has 41 heavy (non-hydrogen) atoms. The zero-order chi connectivity index (χ0) is 29.3. The molecule has 12 heteroatoms. The number of hydrogen-bond donors (Lipinski definition) is 2. The molecule has 0 spiro atoms. The number of halogens is 2. The summed E-state index contributed by atoms with van der Waals surface area (Å²) >= 11 is 0. The molecule has 0 bridgehead atoms. The molecule has 4 aromatic rings. The van der Waals surface area contributed by atoms with Crippen LogP contribution in [-0.2, 0) is 4.79 Å². The van der Waals surface area contributed by atoms with Gasteiger partial charge in [0.25, 0.3) is 5.91 Å². The molecule has 1 atom stereocenters. The van der Waals surface area contributed by atoms with Crippen molar-refractivity contribution in [1.82, 2.24) is 24.6 Å². The number of aliphatic hydroxyl groups is 1. The Morgan fingerprint density at radius 2 is 1.93 bits per heavy atom. The minimum absolute atomic E-state index is 0.0462. The van der Waals surface area contributed by atoms with Crippen molar-refractivity contribution in [2.45, 2.75) is 25.8 Å². The van der Waals surface area contributed by atoms with E-state index in [0.29, 0.717) is 30.4 Å². The van der Waals surface area contributed by atoms with E-state index in [0.717, 1.165) is 12.1 Å². The third-order valence-corrected chi connectivity index (χ3v) is 7.00. The number of rotatable bonds is 6. The number of piperidine rings is 1. The average Bonchev–Trinajstić information content (AvgIpc) is 3.35. The number of nitrogens with zero attached hydrogens (tertiary/aromatic N) is 6. The molecule has 1 aliphatic rings. The van der Waals surface area contributed by atoms with Crippen molar-refractivity contribution in [3.05, 3.63) is 82.9 Å². The van der Waals surface area contributed by atoms with Crippen molar-refractivity contribution >= 4 is 34.8 Å². The van der Waals surface area contributed by atoms with Gasteiger partial charge in [0.2, 0.25) is 0 Å². The van der Waals surface area contributed by atoms with E-state index in [1.165, 1.54) is 56.8 Å². The number of aliphatic hydroxyl groups excluding tert-OH is 1. The molecule has 1 amide bonds. The van der Waals surface area contributed by atoms with Gasteiger partial charge in [0.15, 0.2) is 11.4 Å². The van der Waals surface area contributed by atoms with Crippen LogP contribution in [0.3, 0.4) is 0 Å². The number of amides is 1.